The minimum atomic E-state index is -0.624. The third-order valence-corrected chi connectivity index (χ3v) is 3.13. The van der Waals surface area contributed by atoms with Crippen LogP contribution in [0.2, 0.25) is 0 Å². The molecular formula is C14H14FN7. The molecule has 3 heterocycles. The molecule has 4 N–H and O–H groups in total. The van der Waals surface area contributed by atoms with Gasteiger partial charge in [-0.2, -0.15) is 9.49 Å². The molecule has 3 aromatic heterocycles. The molecule has 7 nitrogen and oxygen atoms in total. The lowest BCUT2D eigenvalue weighted by Gasteiger charge is -2.12. The number of hydrazine groups is 1. The largest absolute Gasteiger partial charge is 0.325 e. The molecule has 0 aliphatic rings. The first-order chi connectivity index (χ1) is 10.7. The maximum atomic E-state index is 13.6. The van der Waals surface area contributed by atoms with Crippen LogP contribution in [0.1, 0.15) is 0 Å². The highest BCUT2D eigenvalue weighted by Crippen LogP contribution is 2.29. The molecule has 8 heteroatoms. The van der Waals surface area contributed by atoms with Crippen molar-refractivity contribution < 1.29 is 4.39 Å². The second-order valence-corrected chi connectivity index (χ2v) is 4.57. The van der Waals surface area contributed by atoms with E-state index in [1.165, 1.54) is 6.07 Å². The van der Waals surface area contributed by atoms with Crippen LogP contribution in [0.25, 0.3) is 11.1 Å². The Bertz CT molecular complexity index is 799. The monoisotopic (exact) mass is 299 g/mol. The van der Waals surface area contributed by atoms with E-state index in [4.69, 9.17) is 5.84 Å². The number of hydrogen-bond donors (Lipinski definition) is 3. The van der Waals surface area contributed by atoms with Crippen molar-refractivity contribution in [2.75, 3.05) is 10.7 Å². The summed E-state index contributed by atoms with van der Waals surface area (Å²) in [5, 5.41) is 7.26. The minimum Gasteiger partial charge on any atom is -0.325 e. The predicted molar refractivity (Wildman–Crippen MR) is 81.7 cm³/mol. The molecule has 0 bridgehead atoms. The molecule has 0 spiro atoms. The van der Waals surface area contributed by atoms with Crippen molar-refractivity contribution in [3.8, 4) is 11.1 Å². The molecule has 0 radical (unpaired) electrons. The maximum absolute atomic E-state index is 13.6. The van der Waals surface area contributed by atoms with Crippen LogP contribution in [-0.4, -0.2) is 19.7 Å². The lowest BCUT2D eigenvalue weighted by molar-refractivity contribution is 0.586. The first-order valence-corrected chi connectivity index (χ1v) is 6.52. The summed E-state index contributed by atoms with van der Waals surface area (Å²) < 4.78 is 15.3. The van der Waals surface area contributed by atoms with Crippen LogP contribution in [0.4, 0.5) is 21.8 Å². The zero-order valence-corrected chi connectivity index (χ0v) is 11.8. The molecular weight excluding hydrogens is 285 g/mol. The van der Waals surface area contributed by atoms with Crippen molar-refractivity contribution in [1.29, 1.82) is 0 Å². The van der Waals surface area contributed by atoms with Crippen molar-refractivity contribution in [1.82, 2.24) is 19.7 Å². The van der Waals surface area contributed by atoms with Crippen LogP contribution < -0.4 is 16.6 Å². The molecule has 3 aromatic rings. The summed E-state index contributed by atoms with van der Waals surface area (Å²) in [5.41, 5.74) is 3.68. The molecule has 0 aromatic carbocycles. The molecule has 0 atom stereocenters. The summed E-state index contributed by atoms with van der Waals surface area (Å²) in [6.07, 6.45) is 3.33. The number of nitrogen functional groups attached to an aromatic ring is 1. The summed E-state index contributed by atoms with van der Waals surface area (Å²) in [5.74, 6) is 6.28. The van der Waals surface area contributed by atoms with Gasteiger partial charge in [-0.25, -0.2) is 15.8 Å². The topological polar surface area (TPSA) is 93.7 Å². The average molecular weight is 299 g/mol. The summed E-state index contributed by atoms with van der Waals surface area (Å²) in [6, 6.07) is 8.40. The first kappa shape index (κ1) is 14.0. The zero-order chi connectivity index (χ0) is 15.5. The van der Waals surface area contributed by atoms with Crippen molar-refractivity contribution in [2.24, 2.45) is 12.9 Å². The quantitative estimate of drug-likeness (QED) is 0.388. The molecule has 0 saturated heterocycles. The van der Waals surface area contributed by atoms with Gasteiger partial charge in [0, 0.05) is 30.9 Å². The number of pyridine rings is 2. The second-order valence-electron chi connectivity index (χ2n) is 4.57. The van der Waals surface area contributed by atoms with E-state index in [1.54, 1.807) is 29.2 Å². The van der Waals surface area contributed by atoms with Gasteiger partial charge in [0.05, 0.1) is 6.20 Å². The van der Waals surface area contributed by atoms with Gasteiger partial charge in [-0.3, -0.25) is 4.68 Å². The van der Waals surface area contributed by atoms with Crippen LogP contribution >= 0.6 is 0 Å². The van der Waals surface area contributed by atoms with Gasteiger partial charge in [0.15, 0.2) is 0 Å². The van der Waals surface area contributed by atoms with Gasteiger partial charge in [-0.1, -0.05) is 0 Å². The molecule has 0 unspecified atom stereocenters. The van der Waals surface area contributed by atoms with Gasteiger partial charge in [0.2, 0.25) is 5.95 Å². The number of rotatable bonds is 4. The average Bonchev–Trinajstić information content (AvgIpc) is 2.92. The zero-order valence-electron chi connectivity index (χ0n) is 11.8. The highest BCUT2D eigenvalue weighted by Gasteiger charge is 2.11. The Kier molecular flexibility index (Phi) is 3.67. The molecule has 22 heavy (non-hydrogen) atoms. The Labute approximate surface area is 126 Å². The van der Waals surface area contributed by atoms with E-state index in [-0.39, 0.29) is 5.82 Å². The van der Waals surface area contributed by atoms with Gasteiger partial charge in [-0.05, 0) is 23.8 Å². The van der Waals surface area contributed by atoms with Crippen LogP contribution in [0.5, 0.6) is 0 Å². The third kappa shape index (κ3) is 2.72. The number of aryl methyl sites for hydroxylation is 1. The van der Waals surface area contributed by atoms with E-state index in [1.807, 2.05) is 19.2 Å². The number of anilines is 3. The fourth-order valence-corrected chi connectivity index (χ4v) is 2.08. The first-order valence-electron chi connectivity index (χ1n) is 6.52. The van der Waals surface area contributed by atoms with E-state index in [9.17, 15) is 4.39 Å². The fraction of sp³-hybridized carbons (Fsp3) is 0.0714. The Morgan fingerprint density at radius 1 is 1.23 bits per heavy atom. The molecule has 112 valence electrons. The van der Waals surface area contributed by atoms with Gasteiger partial charge in [0.1, 0.15) is 17.5 Å². The van der Waals surface area contributed by atoms with Crippen LogP contribution in [0, 0.1) is 5.95 Å². The van der Waals surface area contributed by atoms with Gasteiger partial charge < -0.3 is 10.7 Å². The minimum absolute atomic E-state index is 0.241. The number of nitrogens with one attached hydrogen (secondary N) is 2. The second kappa shape index (κ2) is 5.78. The summed E-state index contributed by atoms with van der Waals surface area (Å²) >= 11 is 0. The van der Waals surface area contributed by atoms with Crippen LogP contribution in [0.15, 0.2) is 42.7 Å². The van der Waals surface area contributed by atoms with Gasteiger partial charge >= 0.3 is 0 Å². The van der Waals surface area contributed by atoms with Crippen molar-refractivity contribution in [2.45, 2.75) is 0 Å². The van der Waals surface area contributed by atoms with Crippen molar-refractivity contribution in [3.05, 3.63) is 48.7 Å². The Morgan fingerprint density at radius 2 is 2.09 bits per heavy atom. The predicted octanol–water partition coefficient (Wildman–Crippen LogP) is 2.05. The van der Waals surface area contributed by atoms with E-state index < -0.39 is 5.95 Å². The summed E-state index contributed by atoms with van der Waals surface area (Å²) in [7, 11) is 1.81. The number of halogens is 1. The standard InChI is InChI=1S/C14H14FN7/c1-22-13(4-6-18-22)20-14-10(3-2-5-17-14)9-7-11(15)19-12(8-9)21-16/h2-8H,16H2,1H3,(H,17,20)(H,19,21). The maximum Gasteiger partial charge on any atom is 0.215 e. The third-order valence-electron chi connectivity index (χ3n) is 3.13. The Balaban J connectivity index is 2.05. The Hall–Kier alpha value is -3.00. The van der Waals surface area contributed by atoms with Gasteiger partial charge in [0.25, 0.3) is 0 Å². The van der Waals surface area contributed by atoms with E-state index in [2.05, 4.69) is 25.8 Å². The molecule has 3 rings (SSSR count). The number of hydrogen-bond acceptors (Lipinski definition) is 6. The molecule has 0 amide bonds. The highest BCUT2D eigenvalue weighted by atomic mass is 19.1. The summed E-state index contributed by atoms with van der Waals surface area (Å²) in [4.78, 5) is 7.95. The van der Waals surface area contributed by atoms with E-state index >= 15 is 0 Å². The molecule has 0 aliphatic carbocycles. The molecule has 0 saturated carbocycles. The van der Waals surface area contributed by atoms with E-state index in [0.29, 0.717) is 11.4 Å². The van der Waals surface area contributed by atoms with Crippen molar-refractivity contribution >= 4 is 17.5 Å². The Morgan fingerprint density at radius 3 is 2.82 bits per heavy atom. The normalized spacial score (nSPS) is 10.5. The fourth-order valence-electron chi connectivity index (χ4n) is 2.08. The lowest BCUT2D eigenvalue weighted by Crippen LogP contribution is -2.09. The van der Waals surface area contributed by atoms with Crippen molar-refractivity contribution in [3.63, 3.8) is 0 Å². The highest BCUT2D eigenvalue weighted by molar-refractivity contribution is 5.78. The molecule has 0 aliphatic heterocycles. The number of aromatic nitrogens is 4. The number of nitrogens with zero attached hydrogens (tertiary/aromatic N) is 4. The smallest absolute Gasteiger partial charge is 0.215 e. The lowest BCUT2D eigenvalue weighted by atomic mass is 10.1. The summed E-state index contributed by atoms with van der Waals surface area (Å²) in [6.45, 7) is 0. The van der Waals surface area contributed by atoms with Crippen LogP contribution in [-0.2, 0) is 7.05 Å². The molecule has 0 fully saturated rings. The SMILES string of the molecule is Cn1nccc1Nc1ncccc1-c1cc(F)nc(NN)c1. The van der Waals surface area contributed by atoms with E-state index in [0.717, 1.165) is 11.4 Å². The van der Waals surface area contributed by atoms with Gasteiger partial charge in [-0.15, -0.1) is 0 Å². The van der Waals surface area contributed by atoms with Crippen LogP contribution in [0.3, 0.4) is 0 Å². The number of nitrogens with two attached hydrogens (primary N) is 1.